The molecule has 3 aromatic carbocycles. The molecule has 178 valence electrons. The minimum absolute atomic E-state index is 0.0535. The molecule has 0 saturated heterocycles. The predicted octanol–water partition coefficient (Wildman–Crippen LogP) is 6.51. The number of hydrogen-bond donors (Lipinski definition) is 1. The van der Waals surface area contributed by atoms with Crippen molar-refractivity contribution in [1.82, 2.24) is 0 Å². The van der Waals surface area contributed by atoms with E-state index in [0.717, 1.165) is 21.7 Å². The molecule has 0 fully saturated rings. The second kappa shape index (κ2) is 9.01. The molecule has 0 spiro atoms. The van der Waals surface area contributed by atoms with E-state index < -0.39 is 40.2 Å². The normalized spacial score (nSPS) is 13.2. The molecule has 34 heavy (non-hydrogen) atoms. The summed E-state index contributed by atoms with van der Waals surface area (Å²) in [4.78, 5) is -0.0674. The molecule has 0 saturated carbocycles. The van der Waals surface area contributed by atoms with Gasteiger partial charge in [-0.3, -0.25) is 4.31 Å². The summed E-state index contributed by atoms with van der Waals surface area (Å²) < 4.78 is 82.8. The first-order valence-corrected chi connectivity index (χ1v) is 12.4. The standard InChI is InChI=1S/C24H19F4NO3S2/c1-15(30)22-18-9-5-6-10-21(18)33-23(22)29(34(31,32)17-7-3-2-4-8-17)14-16-11-12-20(25)19(13-16)24(26,27)28/h2-13,15,30H,14H2,1H3. The molecule has 1 heterocycles. The van der Waals surface area contributed by atoms with Crippen molar-refractivity contribution in [2.24, 2.45) is 0 Å². The van der Waals surface area contributed by atoms with Crippen LogP contribution in [0.4, 0.5) is 22.6 Å². The molecular formula is C24H19F4NO3S2. The SMILES string of the molecule is CC(O)c1c(N(Cc2ccc(F)c(C(F)(F)F)c2)S(=O)(=O)c2ccccc2)sc2ccccc12. The lowest BCUT2D eigenvalue weighted by Crippen LogP contribution is -2.31. The summed E-state index contributed by atoms with van der Waals surface area (Å²) in [5.41, 5.74) is -1.19. The number of alkyl halides is 3. The van der Waals surface area contributed by atoms with Gasteiger partial charge in [-0.25, -0.2) is 12.8 Å². The molecule has 10 heteroatoms. The van der Waals surface area contributed by atoms with Crippen molar-refractivity contribution in [2.45, 2.75) is 30.6 Å². The fourth-order valence-corrected chi connectivity index (χ4v) is 6.68. The molecule has 4 nitrogen and oxygen atoms in total. The van der Waals surface area contributed by atoms with E-state index in [2.05, 4.69) is 0 Å². The number of rotatable bonds is 6. The molecule has 0 amide bonds. The van der Waals surface area contributed by atoms with Crippen LogP contribution in [0.5, 0.6) is 0 Å². The van der Waals surface area contributed by atoms with Crippen LogP contribution >= 0.6 is 11.3 Å². The van der Waals surface area contributed by atoms with Gasteiger partial charge >= 0.3 is 6.18 Å². The smallest absolute Gasteiger partial charge is 0.389 e. The topological polar surface area (TPSA) is 57.6 Å². The second-order valence-electron chi connectivity index (χ2n) is 7.63. The minimum atomic E-state index is -4.94. The van der Waals surface area contributed by atoms with Crippen molar-refractivity contribution >= 4 is 36.4 Å². The number of aliphatic hydroxyl groups excluding tert-OH is 1. The van der Waals surface area contributed by atoms with Gasteiger partial charge in [0.2, 0.25) is 0 Å². The van der Waals surface area contributed by atoms with E-state index in [0.29, 0.717) is 27.8 Å². The molecule has 0 aliphatic carbocycles. The zero-order valence-corrected chi connectivity index (χ0v) is 19.4. The van der Waals surface area contributed by atoms with Crippen LogP contribution in [-0.4, -0.2) is 13.5 Å². The van der Waals surface area contributed by atoms with Gasteiger partial charge < -0.3 is 5.11 Å². The predicted molar refractivity (Wildman–Crippen MR) is 124 cm³/mol. The van der Waals surface area contributed by atoms with Gasteiger partial charge in [0.05, 0.1) is 23.1 Å². The number of halogens is 4. The van der Waals surface area contributed by atoms with Crippen molar-refractivity contribution in [1.29, 1.82) is 0 Å². The fraction of sp³-hybridized carbons (Fsp3) is 0.167. The van der Waals surface area contributed by atoms with Gasteiger partial charge in [0, 0.05) is 15.6 Å². The zero-order valence-electron chi connectivity index (χ0n) is 17.8. The summed E-state index contributed by atoms with van der Waals surface area (Å²) in [6.07, 6.45) is -6.00. The number of sulfonamides is 1. The summed E-state index contributed by atoms with van der Waals surface area (Å²) in [6.45, 7) is 0.998. The summed E-state index contributed by atoms with van der Waals surface area (Å²) in [5.74, 6) is -1.44. The maximum atomic E-state index is 13.9. The maximum absolute atomic E-state index is 13.9. The maximum Gasteiger partial charge on any atom is 0.419 e. The van der Waals surface area contributed by atoms with E-state index in [1.807, 2.05) is 0 Å². The lowest BCUT2D eigenvalue weighted by molar-refractivity contribution is -0.140. The van der Waals surface area contributed by atoms with Crippen molar-refractivity contribution in [3.8, 4) is 0 Å². The van der Waals surface area contributed by atoms with Crippen LogP contribution in [0.3, 0.4) is 0 Å². The van der Waals surface area contributed by atoms with Gasteiger partial charge in [0.1, 0.15) is 10.8 Å². The van der Waals surface area contributed by atoms with E-state index in [9.17, 15) is 31.1 Å². The monoisotopic (exact) mass is 509 g/mol. The Balaban J connectivity index is 1.94. The number of hydrogen-bond acceptors (Lipinski definition) is 4. The molecule has 0 radical (unpaired) electrons. The van der Waals surface area contributed by atoms with Crippen LogP contribution in [0.15, 0.2) is 77.7 Å². The Morgan fingerprint density at radius 2 is 1.65 bits per heavy atom. The molecule has 4 rings (SSSR count). The highest BCUT2D eigenvalue weighted by Crippen LogP contribution is 2.44. The Morgan fingerprint density at radius 3 is 2.29 bits per heavy atom. The number of thiophene rings is 1. The van der Waals surface area contributed by atoms with Crippen LogP contribution in [-0.2, 0) is 22.7 Å². The van der Waals surface area contributed by atoms with Crippen LogP contribution in [0.25, 0.3) is 10.1 Å². The first-order chi connectivity index (χ1) is 16.0. The van der Waals surface area contributed by atoms with Crippen molar-refractivity contribution in [3.05, 3.63) is 95.3 Å². The van der Waals surface area contributed by atoms with Crippen LogP contribution in [0.1, 0.15) is 29.7 Å². The summed E-state index contributed by atoms with van der Waals surface area (Å²) in [5, 5.41) is 11.3. The molecule has 1 unspecified atom stereocenters. The minimum Gasteiger partial charge on any atom is -0.389 e. The Kier molecular flexibility index (Phi) is 6.41. The van der Waals surface area contributed by atoms with Gasteiger partial charge in [-0.2, -0.15) is 13.2 Å². The Hall–Kier alpha value is -2.95. The molecule has 0 aliphatic heterocycles. The number of fused-ring (bicyclic) bond motifs is 1. The molecule has 4 aromatic rings. The van der Waals surface area contributed by atoms with Crippen LogP contribution in [0, 0.1) is 5.82 Å². The van der Waals surface area contributed by atoms with Crippen LogP contribution in [0.2, 0.25) is 0 Å². The molecule has 1 atom stereocenters. The number of benzene rings is 3. The van der Waals surface area contributed by atoms with E-state index >= 15 is 0 Å². The summed E-state index contributed by atoms with van der Waals surface area (Å²) >= 11 is 1.10. The highest BCUT2D eigenvalue weighted by Gasteiger charge is 2.35. The van der Waals surface area contributed by atoms with Crippen molar-refractivity contribution < 1.29 is 31.1 Å². The molecule has 1 aromatic heterocycles. The second-order valence-corrected chi connectivity index (χ2v) is 10.5. The van der Waals surface area contributed by atoms with E-state index in [-0.39, 0.29) is 15.5 Å². The first-order valence-electron chi connectivity index (χ1n) is 10.1. The lowest BCUT2D eigenvalue weighted by atomic mass is 10.1. The highest BCUT2D eigenvalue weighted by atomic mass is 32.2. The van der Waals surface area contributed by atoms with Crippen LogP contribution < -0.4 is 4.31 Å². The third kappa shape index (κ3) is 4.53. The number of aliphatic hydroxyl groups is 1. The average molecular weight is 510 g/mol. The Bertz CT molecular complexity index is 1430. The largest absolute Gasteiger partial charge is 0.419 e. The molecule has 0 bridgehead atoms. The van der Waals surface area contributed by atoms with Gasteiger partial charge in [0.15, 0.2) is 0 Å². The zero-order chi connectivity index (χ0) is 24.7. The van der Waals surface area contributed by atoms with Gasteiger partial charge in [0.25, 0.3) is 10.0 Å². The Morgan fingerprint density at radius 1 is 1.00 bits per heavy atom. The lowest BCUT2D eigenvalue weighted by Gasteiger charge is -2.25. The Labute approximate surface area is 197 Å². The van der Waals surface area contributed by atoms with E-state index in [4.69, 9.17) is 0 Å². The van der Waals surface area contributed by atoms with Gasteiger partial charge in [-0.05, 0) is 42.8 Å². The number of nitrogens with zero attached hydrogens (tertiary/aromatic N) is 1. The molecular weight excluding hydrogens is 490 g/mol. The highest BCUT2D eigenvalue weighted by molar-refractivity contribution is 7.93. The average Bonchev–Trinajstić information content (AvgIpc) is 3.17. The van der Waals surface area contributed by atoms with Gasteiger partial charge in [-0.1, -0.05) is 42.5 Å². The van der Waals surface area contributed by atoms with E-state index in [1.54, 1.807) is 30.3 Å². The quantitative estimate of drug-likeness (QED) is 0.302. The molecule has 1 N–H and O–H groups in total. The third-order valence-electron chi connectivity index (χ3n) is 5.25. The summed E-state index contributed by atoms with van der Waals surface area (Å²) in [6, 6.07) is 16.9. The summed E-state index contributed by atoms with van der Waals surface area (Å²) in [7, 11) is -4.26. The van der Waals surface area contributed by atoms with Crippen molar-refractivity contribution in [3.63, 3.8) is 0 Å². The fourth-order valence-electron chi connectivity index (χ4n) is 3.68. The molecule has 0 aliphatic rings. The third-order valence-corrected chi connectivity index (χ3v) is 8.34. The van der Waals surface area contributed by atoms with E-state index in [1.165, 1.54) is 31.2 Å². The van der Waals surface area contributed by atoms with Gasteiger partial charge in [-0.15, -0.1) is 11.3 Å². The first kappa shape index (κ1) is 24.2. The van der Waals surface area contributed by atoms with Crippen molar-refractivity contribution in [2.75, 3.05) is 4.31 Å². The number of anilines is 1.